The summed E-state index contributed by atoms with van der Waals surface area (Å²) in [5.74, 6) is 0.688. The SMILES string of the molecule is CC(C)(C)[Si](C)(C)OC1CCC(C[C@H](N)CCNC(=O)OCC[Si](C)(C)C)CC1. The minimum atomic E-state index is -1.67. The second-order valence-electron chi connectivity index (χ2n) is 11.7. The third-order valence-corrected chi connectivity index (χ3v) is 12.8. The lowest BCUT2D eigenvalue weighted by molar-refractivity contribution is 0.112. The third kappa shape index (κ3) is 11.0. The monoisotopic (exact) mass is 444 g/mol. The lowest BCUT2D eigenvalue weighted by Crippen LogP contribution is -2.44. The fourth-order valence-corrected chi connectivity index (χ4v) is 5.62. The molecule has 0 aromatic carbocycles. The molecule has 1 amide bonds. The molecule has 1 saturated carbocycles. The van der Waals surface area contributed by atoms with Crippen LogP contribution in [0.5, 0.6) is 0 Å². The minimum absolute atomic E-state index is 0.139. The van der Waals surface area contributed by atoms with Crippen molar-refractivity contribution in [1.82, 2.24) is 5.32 Å². The number of hydrogen-bond donors (Lipinski definition) is 2. The second-order valence-corrected chi connectivity index (χ2v) is 22.1. The van der Waals surface area contributed by atoms with E-state index in [-0.39, 0.29) is 17.2 Å². The molecular weight excluding hydrogens is 396 g/mol. The van der Waals surface area contributed by atoms with Gasteiger partial charge in [-0.25, -0.2) is 4.79 Å². The van der Waals surface area contributed by atoms with Crippen LogP contribution in [0.15, 0.2) is 0 Å². The number of hydrogen-bond acceptors (Lipinski definition) is 4. The number of nitrogens with two attached hydrogens (primary N) is 1. The van der Waals surface area contributed by atoms with Gasteiger partial charge in [0.15, 0.2) is 8.32 Å². The first kappa shape index (κ1) is 26.7. The Bertz CT molecular complexity index is 493. The normalized spacial score (nSPS) is 22.2. The smallest absolute Gasteiger partial charge is 0.407 e. The van der Waals surface area contributed by atoms with Crippen molar-refractivity contribution in [2.24, 2.45) is 11.7 Å². The standard InChI is InChI=1S/C22H48N2O3Si2/c1-22(2,3)29(7,8)27-20-11-9-18(10-12-20)17-19(23)13-14-24-21(25)26-15-16-28(4,5)6/h18-20H,9-17,23H2,1-8H3,(H,24,25)/t18?,19-,20?/m1/s1. The summed E-state index contributed by atoms with van der Waals surface area (Å²) in [4.78, 5) is 11.8. The van der Waals surface area contributed by atoms with Crippen molar-refractivity contribution in [1.29, 1.82) is 0 Å². The van der Waals surface area contributed by atoms with Crippen LogP contribution in [0.4, 0.5) is 4.79 Å². The van der Waals surface area contributed by atoms with Crippen LogP contribution in [-0.2, 0) is 9.16 Å². The highest BCUT2D eigenvalue weighted by atomic mass is 28.4. The van der Waals surface area contributed by atoms with Gasteiger partial charge in [0.2, 0.25) is 0 Å². The maximum atomic E-state index is 11.8. The summed E-state index contributed by atoms with van der Waals surface area (Å²) < 4.78 is 11.8. The van der Waals surface area contributed by atoms with Gasteiger partial charge in [0, 0.05) is 26.8 Å². The molecule has 3 N–H and O–H groups in total. The van der Waals surface area contributed by atoms with Crippen LogP contribution < -0.4 is 11.1 Å². The van der Waals surface area contributed by atoms with Gasteiger partial charge in [0.1, 0.15) is 0 Å². The molecule has 5 nitrogen and oxygen atoms in total. The lowest BCUT2D eigenvalue weighted by Gasteiger charge is -2.41. The van der Waals surface area contributed by atoms with Crippen molar-refractivity contribution in [3.05, 3.63) is 0 Å². The van der Waals surface area contributed by atoms with E-state index in [2.05, 4.69) is 58.8 Å². The Hall–Kier alpha value is -0.376. The zero-order valence-electron chi connectivity index (χ0n) is 20.4. The largest absolute Gasteiger partial charge is 0.450 e. The molecule has 1 aliphatic rings. The van der Waals surface area contributed by atoms with Gasteiger partial charge in [-0.15, -0.1) is 0 Å². The van der Waals surface area contributed by atoms with Gasteiger partial charge in [-0.3, -0.25) is 0 Å². The van der Waals surface area contributed by atoms with Crippen LogP contribution in [0.3, 0.4) is 0 Å². The maximum Gasteiger partial charge on any atom is 0.407 e. The molecule has 172 valence electrons. The van der Waals surface area contributed by atoms with Gasteiger partial charge in [-0.05, 0) is 68.6 Å². The summed E-state index contributed by atoms with van der Waals surface area (Å²) in [6.07, 6.45) is 6.70. The van der Waals surface area contributed by atoms with Crippen LogP contribution >= 0.6 is 0 Å². The quantitative estimate of drug-likeness (QED) is 0.421. The van der Waals surface area contributed by atoms with Crippen LogP contribution in [0, 0.1) is 5.92 Å². The topological polar surface area (TPSA) is 73.6 Å². The molecule has 1 aliphatic carbocycles. The molecule has 0 aromatic heterocycles. The second kappa shape index (κ2) is 11.3. The highest BCUT2D eigenvalue weighted by Crippen LogP contribution is 2.40. The van der Waals surface area contributed by atoms with E-state index in [9.17, 15) is 4.79 Å². The number of amides is 1. The molecule has 7 heteroatoms. The Morgan fingerprint density at radius 2 is 1.69 bits per heavy atom. The first-order valence-corrected chi connectivity index (χ1v) is 18.2. The van der Waals surface area contributed by atoms with Crippen LogP contribution in [0.25, 0.3) is 0 Å². The molecule has 0 heterocycles. The summed E-state index contributed by atoms with van der Waals surface area (Å²) in [6, 6.07) is 1.14. The van der Waals surface area contributed by atoms with E-state index < -0.39 is 16.4 Å². The predicted octanol–water partition coefficient (Wildman–Crippen LogP) is 5.74. The van der Waals surface area contributed by atoms with Crippen LogP contribution in [-0.4, -0.2) is 47.8 Å². The highest BCUT2D eigenvalue weighted by molar-refractivity contribution is 6.76. The van der Waals surface area contributed by atoms with Crippen molar-refractivity contribution in [3.63, 3.8) is 0 Å². The van der Waals surface area contributed by atoms with E-state index in [1.807, 2.05) is 0 Å². The average molecular weight is 445 g/mol. The van der Waals surface area contributed by atoms with E-state index in [4.69, 9.17) is 14.9 Å². The highest BCUT2D eigenvalue weighted by Gasteiger charge is 2.39. The molecule has 0 radical (unpaired) electrons. The fourth-order valence-electron chi connectivity index (χ4n) is 3.49. The molecule has 0 spiro atoms. The number of ether oxygens (including phenoxy) is 1. The van der Waals surface area contributed by atoms with Gasteiger partial charge in [-0.2, -0.15) is 0 Å². The number of alkyl carbamates (subject to hydrolysis) is 1. The van der Waals surface area contributed by atoms with Crippen molar-refractivity contribution < 1.29 is 14.0 Å². The van der Waals surface area contributed by atoms with Gasteiger partial charge >= 0.3 is 6.09 Å². The Labute approximate surface area is 182 Å². The maximum absolute atomic E-state index is 11.8. The fraction of sp³-hybridized carbons (Fsp3) is 0.955. The minimum Gasteiger partial charge on any atom is -0.450 e. The first-order valence-electron chi connectivity index (χ1n) is 11.5. The number of nitrogens with one attached hydrogen (secondary N) is 1. The van der Waals surface area contributed by atoms with E-state index in [1.54, 1.807) is 0 Å². The number of carbonyl (C=O) groups excluding carboxylic acids is 1. The van der Waals surface area contributed by atoms with Gasteiger partial charge in [0.05, 0.1) is 6.61 Å². The van der Waals surface area contributed by atoms with E-state index in [0.717, 1.165) is 31.7 Å². The van der Waals surface area contributed by atoms with Crippen LogP contribution in [0.1, 0.15) is 59.3 Å². The van der Waals surface area contributed by atoms with Crippen LogP contribution in [0.2, 0.25) is 43.8 Å². The first-order chi connectivity index (χ1) is 13.2. The average Bonchev–Trinajstić information content (AvgIpc) is 2.54. The zero-order chi connectivity index (χ0) is 22.3. The van der Waals surface area contributed by atoms with Crippen molar-refractivity contribution in [3.8, 4) is 0 Å². The summed E-state index contributed by atoms with van der Waals surface area (Å²) in [5, 5.41) is 3.12. The molecule has 0 aliphatic heterocycles. The van der Waals surface area contributed by atoms with Gasteiger partial charge in [-0.1, -0.05) is 40.4 Å². The Kier molecular flexibility index (Phi) is 10.4. The summed E-state index contributed by atoms with van der Waals surface area (Å²) >= 11 is 0. The van der Waals surface area contributed by atoms with E-state index in [0.29, 0.717) is 25.2 Å². The van der Waals surface area contributed by atoms with Crippen molar-refractivity contribution >= 4 is 22.5 Å². The summed E-state index contributed by atoms with van der Waals surface area (Å²) in [7, 11) is -2.83. The molecule has 1 rings (SSSR count). The van der Waals surface area contributed by atoms with E-state index >= 15 is 0 Å². The summed E-state index contributed by atoms with van der Waals surface area (Å²) in [6.45, 7) is 19.6. The molecule has 29 heavy (non-hydrogen) atoms. The molecular formula is C22H48N2O3Si2. The Morgan fingerprint density at radius 1 is 1.10 bits per heavy atom. The molecule has 0 unspecified atom stereocenters. The van der Waals surface area contributed by atoms with Gasteiger partial charge < -0.3 is 20.2 Å². The third-order valence-electron chi connectivity index (χ3n) is 6.57. The predicted molar refractivity (Wildman–Crippen MR) is 129 cm³/mol. The van der Waals surface area contributed by atoms with Crippen molar-refractivity contribution in [2.75, 3.05) is 13.2 Å². The molecule has 0 bridgehead atoms. The molecule has 0 aromatic rings. The number of rotatable bonds is 10. The Morgan fingerprint density at radius 3 is 2.21 bits per heavy atom. The summed E-state index contributed by atoms with van der Waals surface area (Å²) in [5.41, 5.74) is 6.33. The Balaban J connectivity index is 2.19. The van der Waals surface area contributed by atoms with E-state index in [1.165, 1.54) is 12.8 Å². The number of carbonyl (C=O) groups is 1. The van der Waals surface area contributed by atoms with Crippen molar-refractivity contribution in [2.45, 2.75) is 115 Å². The molecule has 0 saturated heterocycles. The zero-order valence-corrected chi connectivity index (χ0v) is 22.4. The lowest BCUT2D eigenvalue weighted by atomic mass is 9.83. The molecule has 1 atom stereocenters. The molecule has 1 fully saturated rings. The van der Waals surface area contributed by atoms with Gasteiger partial charge in [0.25, 0.3) is 0 Å².